The van der Waals surface area contributed by atoms with E-state index in [-0.39, 0.29) is 0 Å². The molecule has 7 nitrogen and oxygen atoms in total. The number of benzene rings is 1. The third-order valence-electron chi connectivity index (χ3n) is 3.94. The van der Waals surface area contributed by atoms with Gasteiger partial charge in [-0.25, -0.2) is 9.78 Å². The van der Waals surface area contributed by atoms with E-state index in [0.717, 1.165) is 5.56 Å². The molecule has 1 heterocycles. The highest BCUT2D eigenvalue weighted by molar-refractivity contribution is 6.30. The number of halogens is 1. The molecular weight excluding hydrogens is 392 g/mol. The fourth-order valence-electron chi connectivity index (χ4n) is 2.54. The van der Waals surface area contributed by atoms with Gasteiger partial charge in [0.05, 0.1) is 5.56 Å². The van der Waals surface area contributed by atoms with Gasteiger partial charge in [-0.05, 0) is 50.6 Å². The van der Waals surface area contributed by atoms with Crippen molar-refractivity contribution in [1.29, 1.82) is 5.26 Å². The summed E-state index contributed by atoms with van der Waals surface area (Å²) < 4.78 is 11.5. The highest BCUT2D eigenvalue weighted by Crippen LogP contribution is 2.30. The number of rotatable bonds is 6. The average Bonchev–Trinajstić information content (AvgIpc) is 2.63. The van der Waals surface area contributed by atoms with Crippen LogP contribution in [-0.4, -0.2) is 35.2 Å². The number of amides is 1. The van der Waals surface area contributed by atoms with Crippen LogP contribution in [0.15, 0.2) is 36.5 Å². The number of aromatic nitrogens is 1. The zero-order valence-electron chi connectivity index (χ0n) is 17.0. The van der Waals surface area contributed by atoms with Gasteiger partial charge in [-0.3, -0.25) is 0 Å². The predicted molar refractivity (Wildman–Crippen MR) is 112 cm³/mol. The van der Waals surface area contributed by atoms with Gasteiger partial charge in [0.1, 0.15) is 29.3 Å². The van der Waals surface area contributed by atoms with Crippen molar-refractivity contribution in [2.75, 3.05) is 19.3 Å². The lowest BCUT2D eigenvalue weighted by molar-refractivity contribution is 0.0278. The van der Waals surface area contributed by atoms with Gasteiger partial charge in [-0.2, -0.15) is 5.26 Å². The van der Waals surface area contributed by atoms with E-state index in [1.807, 2.05) is 20.8 Å². The molecule has 8 heteroatoms. The average molecular weight is 417 g/mol. The number of anilines is 1. The van der Waals surface area contributed by atoms with E-state index in [4.69, 9.17) is 26.8 Å². The van der Waals surface area contributed by atoms with Crippen molar-refractivity contribution in [2.45, 2.75) is 38.9 Å². The molecule has 0 bridgehead atoms. The summed E-state index contributed by atoms with van der Waals surface area (Å²) in [4.78, 5) is 17.7. The van der Waals surface area contributed by atoms with Gasteiger partial charge in [0.15, 0.2) is 0 Å². The Bertz CT molecular complexity index is 906. The maximum atomic E-state index is 12.2. The molecule has 154 valence electrons. The lowest BCUT2D eigenvalue weighted by Gasteiger charge is -2.26. The monoisotopic (exact) mass is 416 g/mol. The second-order valence-corrected chi connectivity index (χ2v) is 8.00. The number of ether oxygens (including phenoxy) is 2. The molecule has 0 fully saturated rings. The number of nitriles is 1. The van der Waals surface area contributed by atoms with Crippen molar-refractivity contribution in [3.63, 3.8) is 0 Å². The van der Waals surface area contributed by atoms with Crippen molar-refractivity contribution in [3.05, 3.63) is 52.7 Å². The number of carbonyl (C=O) groups excluding carboxylic acids is 1. The molecule has 2 N–H and O–H groups in total. The quantitative estimate of drug-likeness (QED) is 0.740. The maximum absolute atomic E-state index is 12.2. The van der Waals surface area contributed by atoms with E-state index in [0.29, 0.717) is 35.1 Å². The predicted octanol–water partition coefficient (Wildman–Crippen LogP) is 4.57. The number of hydrogen-bond donors (Lipinski definition) is 1. The third-order valence-corrected chi connectivity index (χ3v) is 4.18. The van der Waals surface area contributed by atoms with E-state index >= 15 is 0 Å². The molecule has 1 amide bonds. The number of pyridine rings is 1. The molecule has 0 saturated carbocycles. The van der Waals surface area contributed by atoms with E-state index in [1.165, 1.54) is 4.90 Å². The summed E-state index contributed by atoms with van der Waals surface area (Å²) >= 11 is 6.07. The highest BCUT2D eigenvalue weighted by Gasteiger charge is 2.22. The summed E-state index contributed by atoms with van der Waals surface area (Å²) in [6, 6.07) is 10.4. The Morgan fingerprint density at radius 3 is 2.69 bits per heavy atom. The standard InChI is InChI=1S/C21H25ClN4O3/c1-21(2,3)29-20(27)26(4)10-8-17(14-7-9-25-19(24)11-14)28-18-12-16(22)6-5-15(18)13-23/h5-7,9,11-12,17H,8,10H2,1-4H3,(H2,24,25). The van der Waals surface area contributed by atoms with Crippen LogP contribution in [0.3, 0.4) is 0 Å². The molecule has 0 aliphatic heterocycles. The normalized spacial score (nSPS) is 12.0. The molecule has 0 radical (unpaired) electrons. The van der Waals surface area contributed by atoms with E-state index in [2.05, 4.69) is 11.1 Å². The van der Waals surface area contributed by atoms with Crippen molar-refractivity contribution in [2.24, 2.45) is 0 Å². The second kappa shape index (κ2) is 9.48. The van der Waals surface area contributed by atoms with Crippen molar-refractivity contribution in [3.8, 4) is 11.8 Å². The Morgan fingerprint density at radius 1 is 1.34 bits per heavy atom. The molecule has 1 aromatic heterocycles. The zero-order chi connectivity index (χ0) is 21.6. The van der Waals surface area contributed by atoms with Crippen LogP contribution in [0, 0.1) is 11.3 Å². The van der Waals surface area contributed by atoms with Crippen molar-refractivity contribution >= 4 is 23.5 Å². The lowest BCUT2D eigenvalue weighted by Crippen LogP contribution is -2.35. The van der Waals surface area contributed by atoms with Gasteiger partial charge in [0.25, 0.3) is 0 Å². The molecule has 0 saturated heterocycles. The minimum Gasteiger partial charge on any atom is -0.484 e. The molecular formula is C21H25ClN4O3. The Labute approximate surface area is 176 Å². The molecule has 2 aromatic rings. The maximum Gasteiger partial charge on any atom is 0.410 e. The summed E-state index contributed by atoms with van der Waals surface area (Å²) in [7, 11) is 1.66. The second-order valence-electron chi connectivity index (χ2n) is 7.56. The van der Waals surface area contributed by atoms with Crippen LogP contribution < -0.4 is 10.5 Å². The van der Waals surface area contributed by atoms with Crippen LogP contribution in [0.2, 0.25) is 5.02 Å². The number of carbonyl (C=O) groups is 1. The van der Waals surface area contributed by atoms with Crippen LogP contribution in [-0.2, 0) is 4.74 Å². The van der Waals surface area contributed by atoms with Gasteiger partial charge >= 0.3 is 6.09 Å². The SMILES string of the molecule is CN(CCC(Oc1cc(Cl)ccc1C#N)c1ccnc(N)c1)C(=O)OC(C)(C)C. The first-order valence-electron chi connectivity index (χ1n) is 9.11. The van der Waals surface area contributed by atoms with Gasteiger partial charge in [0.2, 0.25) is 0 Å². The topological polar surface area (TPSA) is 101 Å². The Balaban J connectivity index is 2.22. The number of nitrogens with two attached hydrogens (primary N) is 1. The van der Waals surface area contributed by atoms with Crippen molar-refractivity contribution < 1.29 is 14.3 Å². The molecule has 1 aromatic carbocycles. The van der Waals surface area contributed by atoms with Crippen LogP contribution in [0.25, 0.3) is 0 Å². The van der Waals surface area contributed by atoms with Gasteiger partial charge in [-0.1, -0.05) is 11.6 Å². The Morgan fingerprint density at radius 2 is 2.07 bits per heavy atom. The fourth-order valence-corrected chi connectivity index (χ4v) is 2.70. The first-order valence-corrected chi connectivity index (χ1v) is 9.48. The van der Waals surface area contributed by atoms with Crippen LogP contribution >= 0.6 is 11.6 Å². The molecule has 0 aliphatic rings. The Kier molecular flexibility index (Phi) is 7.29. The van der Waals surface area contributed by atoms with Crippen LogP contribution in [0.5, 0.6) is 5.75 Å². The molecule has 1 unspecified atom stereocenters. The van der Waals surface area contributed by atoms with Gasteiger partial charge in [-0.15, -0.1) is 0 Å². The summed E-state index contributed by atoms with van der Waals surface area (Å²) in [5, 5.41) is 9.82. The van der Waals surface area contributed by atoms with Crippen LogP contribution in [0.4, 0.5) is 10.6 Å². The zero-order valence-corrected chi connectivity index (χ0v) is 17.7. The highest BCUT2D eigenvalue weighted by atomic mass is 35.5. The minimum absolute atomic E-state index is 0.350. The first kappa shape index (κ1) is 22.3. The van der Waals surface area contributed by atoms with Crippen molar-refractivity contribution in [1.82, 2.24) is 9.88 Å². The third kappa shape index (κ3) is 6.84. The largest absolute Gasteiger partial charge is 0.484 e. The summed E-state index contributed by atoms with van der Waals surface area (Å²) in [5.74, 6) is 0.712. The molecule has 1 atom stereocenters. The summed E-state index contributed by atoms with van der Waals surface area (Å²) in [5.41, 5.74) is 6.38. The fraction of sp³-hybridized carbons (Fsp3) is 0.381. The molecule has 0 aliphatic carbocycles. The van der Waals surface area contributed by atoms with E-state index < -0.39 is 17.8 Å². The minimum atomic E-state index is -0.580. The molecule has 2 rings (SSSR count). The smallest absolute Gasteiger partial charge is 0.410 e. The number of nitrogen functional groups attached to an aromatic ring is 1. The Hall–Kier alpha value is -2.98. The van der Waals surface area contributed by atoms with E-state index in [1.54, 1.807) is 43.6 Å². The number of nitrogens with zero attached hydrogens (tertiary/aromatic N) is 3. The van der Waals surface area contributed by atoms with E-state index in [9.17, 15) is 10.1 Å². The number of hydrogen-bond acceptors (Lipinski definition) is 6. The first-order chi connectivity index (χ1) is 13.6. The summed E-state index contributed by atoms with van der Waals surface area (Å²) in [6.45, 7) is 5.80. The molecule has 0 spiro atoms. The lowest BCUT2D eigenvalue weighted by atomic mass is 10.1. The van der Waals surface area contributed by atoms with Crippen LogP contribution in [0.1, 0.15) is 44.4 Å². The van der Waals surface area contributed by atoms with Gasteiger partial charge in [0, 0.05) is 37.3 Å². The molecule has 29 heavy (non-hydrogen) atoms. The van der Waals surface area contributed by atoms with Gasteiger partial charge < -0.3 is 20.1 Å². The summed E-state index contributed by atoms with van der Waals surface area (Å²) in [6.07, 6.45) is 1.12.